The first-order chi connectivity index (χ1) is 10.1. The van der Waals surface area contributed by atoms with E-state index in [0.717, 1.165) is 47.2 Å². The fraction of sp³-hybridized carbons (Fsp3) is 0.769. The average molecular weight is 347 g/mol. The summed E-state index contributed by atoms with van der Waals surface area (Å²) < 4.78 is 1.87. The molecule has 1 unspecified atom stereocenters. The van der Waals surface area contributed by atoms with Crippen LogP contribution in [0.1, 0.15) is 20.8 Å². The van der Waals surface area contributed by atoms with Gasteiger partial charge in [-0.25, -0.2) is 0 Å². The minimum atomic E-state index is -0.0920. The standard InChI is InChI=1S/C13H22N4OS3/c1-4-16-6-8-17(9-7-16)11(18)10(3)20-13-15-14-12(21-13)19-5-2/h10H,4-9H2,1-3H3. The maximum absolute atomic E-state index is 12.5. The van der Waals surface area contributed by atoms with E-state index in [1.165, 1.54) is 11.8 Å². The lowest BCUT2D eigenvalue weighted by molar-refractivity contribution is -0.132. The van der Waals surface area contributed by atoms with Crippen molar-refractivity contribution in [1.82, 2.24) is 20.0 Å². The van der Waals surface area contributed by atoms with Gasteiger partial charge in [0, 0.05) is 26.2 Å². The second kappa shape index (κ2) is 8.36. The number of hydrogen-bond donors (Lipinski definition) is 0. The van der Waals surface area contributed by atoms with Crippen LogP contribution in [0, 0.1) is 0 Å². The number of carbonyl (C=O) groups is 1. The minimum Gasteiger partial charge on any atom is -0.339 e. The van der Waals surface area contributed by atoms with Gasteiger partial charge in [0.1, 0.15) is 0 Å². The molecule has 0 radical (unpaired) electrons. The Kier molecular flexibility index (Phi) is 6.78. The Morgan fingerprint density at radius 1 is 1.24 bits per heavy atom. The Morgan fingerprint density at radius 3 is 2.52 bits per heavy atom. The molecule has 1 aromatic rings. The topological polar surface area (TPSA) is 49.3 Å². The number of thioether (sulfide) groups is 2. The van der Waals surface area contributed by atoms with Gasteiger partial charge in [0.2, 0.25) is 5.91 Å². The summed E-state index contributed by atoms with van der Waals surface area (Å²) in [4.78, 5) is 16.8. The first kappa shape index (κ1) is 17.1. The monoisotopic (exact) mass is 346 g/mol. The van der Waals surface area contributed by atoms with Crippen molar-refractivity contribution < 1.29 is 4.79 Å². The van der Waals surface area contributed by atoms with Crippen molar-refractivity contribution in [2.75, 3.05) is 38.5 Å². The molecule has 1 saturated heterocycles. The quantitative estimate of drug-likeness (QED) is 0.737. The number of aromatic nitrogens is 2. The van der Waals surface area contributed by atoms with Crippen LogP contribution in [0.4, 0.5) is 0 Å². The van der Waals surface area contributed by atoms with Crippen LogP contribution in [0.25, 0.3) is 0 Å². The van der Waals surface area contributed by atoms with Crippen molar-refractivity contribution >= 4 is 40.8 Å². The van der Waals surface area contributed by atoms with Crippen LogP contribution in [0.3, 0.4) is 0 Å². The lowest BCUT2D eigenvalue weighted by atomic mass is 10.3. The summed E-state index contributed by atoms with van der Waals surface area (Å²) in [5.41, 5.74) is 0. The normalized spacial score (nSPS) is 18.0. The molecule has 1 aliphatic rings. The molecule has 2 heterocycles. The number of carbonyl (C=O) groups excluding carboxylic acids is 1. The van der Waals surface area contributed by atoms with E-state index >= 15 is 0 Å². The van der Waals surface area contributed by atoms with Crippen molar-refractivity contribution in [3.63, 3.8) is 0 Å². The third-order valence-electron chi connectivity index (χ3n) is 3.41. The number of hydrogen-bond acceptors (Lipinski definition) is 7. The van der Waals surface area contributed by atoms with Crippen molar-refractivity contribution in [2.24, 2.45) is 0 Å². The summed E-state index contributed by atoms with van der Waals surface area (Å²) in [6.07, 6.45) is 0. The van der Waals surface area contributed by atoms with E-state index in [1.807, 2.05) is 11.8 Å². The molecule has 0 aliphatic carbocycles. The molecule has 1 aliphatic heterocycles. The number of amides is 1. The molecule has 0 saturated carbocycles. The highest BCUT2D eigenvalue weighted by Crippen LogP contribution is 2.31. The Morgan fingerprint density at radius 2 is 1.90 bits per heavy atom. The summed E-state index contributed by atoms with van der Waals surface area (Å²) in [6.45, 7) is 10.9. The lowest BCUT2D eigenvalue weighted by Crippen LogP contribution is -2.50. The zero-order valence-electron chi connectivity index (χ0n) is 12.7. The summed E-state index contributed by atoms with van der Waals surface area (Å²) in [7, 11) is 0. The molecule has 5 nitrogen and oxygen atoms in total. The molecule has 21 heavy (non-hydrogen) atoms. The maximum Gasteiger partial charge on any atom is 0.235 e. The Bertz CT molecular complexity index is 460. The van der Waals surface area contributed by atoms with E-state index in [2.05, 4.69) is 28.9 Å². The van der Waals surface area contributed by atoms with Gasteiger partial charge in [0.05, 0.1) is 5.25 Å². The van der Waals surface area contributed by atoms with E-state index in [9.17, 15) is 4.79 Å². The van der Waals surface area contributed by atoms with Crippen LogP contribution in [0.15, 0.2) is 8.68 Å². The molecule has 1 amide bonds. The van der Waals surface area contributed by atoms with Gasteiger partial charge in [0.15, 0.2) is 8.68 Å². The van der Waals surface area contributed by atoms with E-state index in [1.54, 1.807) is 23.1 Å². The third kappa shape index (κ3) is 4.84. The van der Waals surface area contributed by atoms with E-state index < -0.39 is 0 Å². The van der Waals surface area contributed by atoms with Crippen molar-refractivity contribution in [3.05, 3.63) is 0 Å². The fourth-order valence-corrected chi connectivity index (χ4v) is 5.31. The largest absolute Gasteiger partial charge is 0.339 e. The molecule has 0 spiro atoms. The molecule has 0 N–H and O–H groups in total. The summed E-state index contributed by atoms with van der Waals surface area (Å²) in [5.74, 6) is 1.21. The van der Waals surface area contributed by atoms with Crippen molar-refractivity contribution in [1.29, 1.82) is 0 Å². The van der Waals surface area contributed by atoms with E-state index in [0.29, 0.717) is 0 Å². The van der Waals surface area contributed by atoms with Gasteiger partial charge in [-0.15, -0.1) is 10.2 Å². The van der Waals surface area contributed by atoms with Crippen LogP contribution in [0.5, 0.6) is 0 Å². The highest BCUT2D eigenvalue weighted by atomic mass is 32.2. The van der Waals surface area contributed by atoms with Gasteiger partial charge in [-0.3, -0.25) is 4.79 Å². The van der Waals surface area contributed by atoms with Crippen LogP contribution >= 0.6 is 34.9 Å². The first-order valence-electron chi connectivity index (χ1n) is 7.28. The second-order valence-corrected chi connectivity index (χ2v) is 8.86. The predicted molar refractivity (Wildman–Crippen MR) is 90.3 cm³/mol. The minimum absolute atomic E-state index is 0.0920. The number of piperazine rings is 1. The van der Waals surface area contributed by atoms with Gasteiger partial charge in [0.25, 0.3) is 0 Å². The fourth-order valence-electron chi connectivity index (χ4n) is 2.17. The van der Waals surface area contributed by atoms with E-state index in [-0.39, 0.29) is 11.2 Å². The molecule has 0 aromatic carbocycles. The van der Waals surface area contributed by atoms with Crippen LogP contribution in [-0.4, -0.2) is 69.6 Å². The Hall–Kier alpha value is -0.310. The van der Waals surface area contributed by atoms with Crippen molar-refractivity contribution in [2.45, 2.75) is 34.7 Å². The highest BCUT2D eigenvalue weighted by molar-refractivity contribution is 8.03. The molecule has 0 bridgehead atoms. The smallest absolute Gasteiger partial charge is 0.235 e. The van der Waals surface area contributed by atoms with Gasteiger partial charge in [-0.05, 0) is 19.2 Å². The number of rotatable bonds is 6. The third-order valence-corrected chi connectivity index (χ3v) is 6.52. The maximum atomic E-state index is 12.5. The summed E-state index contributed by atoms with van der Waals surface area (Å²) in [5, 5.41) is 8.20. The SMILES string of the molecule is CCSc1nnc(SC(C)C(=O)N2CCN(CC)CC2)s1. The van der Waals surface area contributed by atoms with Gasteiger partial charge in [-0.1, -0.05) is 48.7 Å². The van der Waals surface area contributed by atoms with Crippen LogP contribution in [-0.2, 0) is 4.79 Å². The predicted octanol–water partition coefficient (Wildman–Crippen LogP) is 2.29. The molecular formula is C13H22N4OS3. The second-order valence-electron chi connectivity index (χ2n) is 4.79. The van der Waals surface area contributed by atoms with Crippen LogP contribution in [0.2, 0.25) is 0 Å². The van der Waals surface area contributed by atoms with Gasteiger partial charge in [-0.2, -0.15) is 0 Å². The molecular weight excluding hydrogens is 324 g/mol. The first-order valence-corrected chi connectivity index (χ1v) is 9.96. The summed E-state index contributed by atoms with van der Waals surface area (Å²) in [6, 6.07) is 0. The molecule has 1 fully saturated rings. The lowest BCUT2D eigenvalue weighted by Gasteiger charge is -2.35. The van der Waals surface area contributed by atoms with Crippen molar-refractivity contribution in [3.8, 4) is 0 Å². The Balaban J connectivity index is 1.84. The van der Waals surface area contributed by atoms with Crippen LogP contribution < -0.4 is 0 Å². The molecule has 118 valence electrons. The zero-order valence-corrected chi connectivity index (χ0v) is 15.2. The highest BCUT2D eigenvalue weighted by Gasteiger charge is 2.25. The average Bonchev–Trinajstić information content (AvgIpc) is 2.94. The zero-order chi connectivity index (χ0) is 15.2. The van der Waals surface area contributed by atoms with E-state index in [4.69, 9.17) is 0 Å². The van der Waals surface area contributed by atoms with Gasteiger partial charge < -0.3 is 9.80 Å². The number of likely N-dealkylation sites (N-methyl/N-ethyl adjacent to an activating group) is 1. The molecule has 8 heteroatoms. The summed E-state index contributed by atoms with van der Waals surface area (Å²) >= 11 is 4.80. The molecule has 1 atom stereocenters. The molecule has 2 rings (SSSR count). The molecule has 1 aromatic heterocycles. The number of nitrogens with zero attached hydrogens (tertiary/aromatic N) is 4. The Labute approximate surface area is 138 Å². The van der Waals surface area contributed by atoms with Gasteiger partial charge >= 0.3 is 0 Å².